The van der Waals surface area contributed by atoms with E-state index in [4.69, 9.17) is 13.9 Å². The van der Waals surface area contributed by atoms with Crippen molar-refractivity contribution in [3.05, 3.63) is 65.9 Å². The number of ether oxygens (including phenoxy) is 2. The number of aromatic nitrogens is 1. The smallest absolute Gasteiger partial charge is 0.156 e. The van der Waals surface area contributed by atoms with Crippen LogP contribution in [0.25, 0.3) is 22.0 Å². The normalized spacial score (nSPS) is 11.1. The third kappa shape index (κ3) is 2.46. The molecule has 0 unspecified atom stereocenters. The standard InChI is InChI=1S/C20H17NO3/c1-22-14-5-3-13(4-6-14)11-17-16-12-15(23-2)7-8-18(16)21-19-9-10-24-20(17)19/h3-10,12H,11H2,1-2H3. The average Bonchev–Trinajstić information content (AvgIpc) is 3.10. The molecule has 0 atom stereocenters. The van der Waals surface area contributed by atoms with Gasteiger partial charge < -0.3 is 13.9 Å². The number of methoxy groups -OCH3 is 2. The summed E-state index contributed by atoms with van der Waals surface area (Å²) in [6, 6.07) is 15.9. The fourth-order valence-corrected chi connectivity index (χ4v) is 2.97. The highest BCUT2D eigenvalue weighted by molar-refractivity contribution is 5.95. The van der Waals surface area contributed by atoms with E-state index >= 15 is 0 Å². The zero-order valence-corrected chi connectivity index (χ0v) is 13.6. The van der Waals surface area contributed by atoms with Gasteiger partial charge in [-0.1, -0.05) is 12.1 Å². The zero-order valence-electron chi connectivity index (χ0n) is 13.6. The Morgan fingerprint density at radius 2 is 1.62 bits per heavy atom. The molecule has 0 radical (unpaired) electrons. The van der Waals surface area contributed by atoms with E-state index in [9.17, 15) is 0 Å². The van der Waals surface area contributed by atoms with Gasteiger partial charge in [-0.25, -0.2) is 4.98 Å². The second-order valence-corrected chi connectivity index (χ2v) is 5.63. The zero-order chi connectivity index (χ0) is 16.5. The summed E-state index contributed by atoms with van der Waals surface area (Å²) in [4.78, 5) is 4.67. The minimum Gasteiger partial charge on any atom is -0.497 e. The molecule has 0 amide bonds. The Morgan fingerprint density at radius 1 is 0.875 bits per heavy atom. The largest absolute Gasteiger partial charge is 0.497 e. The first-order valence-corrected chi connectivity index (χ1v) is 7.75. The lowest BCUT2D eigenvalue weighted by Gasteiger charge is -2.10. The highest BCUT2D eigenvalue weighted by Crippen LogP contribution is 2.31. The van der Waals surface area contributed by atoms with Gasteiger partial charge in [-0.2, -0.15) is 0 Å². The lowest BCUT2D eigenvalue weighted by molar-refractivity contribution is 0.414. The van der Waals surface area contributed by atoms with E-state index in [-0.39, 0.29) is 0 Å². The number of furan rings is 1. The molecule has 0 saturated carbocycles. The summed E-state index contributed by atoms with van der Waals surface area (Å²) in [6.45, 7) is 0. The van der Waals surface area contributed by atoms with E-state index in [1.165, 1.54) is 5.56 Å². The van der Waals surface area contributed by atoms with E-state index in [0.717, 1.165) is 45.5 Å². The van der Waals surface area contributed by atoms with Gasteiger partial charge in [0, 0.05) is 23.4 Å². The van der Waals surface area contributed by atoms with Gasteiger partial charge in [0.05, 0.1) is 26.0 Å². The molecule has 0 bridgehead atoms. The Labute approximate surface area is 139 Å². The lowest BCUT2D eigenvalue weighted by atomic mass is 9.99. The first-order valence-electron chi connectivity index (χ1n) is 7.75. The van der Waals surface area contributed by atoms with Gasteiger partial charge in [-0.15, -0.1) is 0 Å². The summed E-state index contributed by atoms with van der Waals surface area (Å²) in [5.41, 5.74) is 4.93. The van der Waals surface area contributed by atoms with Crippen molar-refractivity contribution >= 4 is 22.0 Å². The van der Waals surface area contributed by atoms with Crippen LogP contribution in [0, 0.1) is 0 Å². The maximum Gasteiger partial charge on any atom is 0.156 e. The number of nitrogens with zero attached hydrogens (tertiary/aromatic N) is 1. The van der Waals surface area contributed by atoms with Crippen LogP contribution in [0.15, 0.2) is 59.2 Å². The molecule has 0 aliphatic rings. The van der Waals surface area contributed by atoms with E-state index in [1.807, 2.05) is 36.4 Å². The molecule has 4 nitrogen and oxygen atoms in total. The highest BCUT2D eigenvalue weighted by atomic mass is 16.5. The second kappa shape index (κ2) is 5.89. The summed E-state index contributed by atoms with van der Waals surface area (Å²) in [7, 11) is 3.34. The number of hydrogen-bond acceptors (Lipinski definition) is 4. The van der Waals surface area contributed by atoms with Gasteiger partial charge in [-0.05, 0) is 35.9 Å². The van der Waals surface area contributed by atoms with Crippen LogP contribution in [0.5, 0.6) is 11.5 Å². The first-order chi connectivity index (χ1) is 11.8. The molecule has 0 N–H and O–H groups in total. The molecule has 4 rings (SSSR count). The summed E-state index contributed by atoms with van der Waals surface area (Å²) in [6.07, 6.45) is 2.44. The molecule has 2 aromatic heterocycles. The van der Waals surface area contributed by atoms with Crippen LogP contribution in [-0.2, 0) is 6.42 Å². The maximum atomic E-state index is 5.72. The predicted octanol–water partition coefficient (Wildman–Crippen LogP) is 4.59. The van der Waals surface area contributed by atoms with E-state index < -0.39 is 0 Å². The SMILES string of the molecule is COc1ccc(Cc2c3cc(OC)ccc3nc3ccoc23)cc1. The predicted molar refractivity (Wildman–Crippen MR) is 93.9 cm³/mol. The quantitative estimate of drug-likeness (QED) is 0.552. The molecule has 0 fully saturated rings. The minimum absolute atomic E-state index is 0.750. The van der Waals surface area contributed by atoms with Crippen molar-refractivity contribution in [1.29, 1.82) is 0 Å². The van der Waals surface area contributed by atoms with Crippen molar-refractivity contribution < 1.29 is 13.9 Å². The van der Waals surface area contributed by atoms with Gasteiger partial charge in [0.1, 0.15) is 17.0 Å². The van der Waals surface area contributed by atoms with Crippen LogP contribution in [0.4, 0.5) is 0 Å². The van der Waals surface area contributed by atoms with Crippen LogP contribution in [-0.4, -0.2) is 19.2 Å². The number of pyridine rings is 1. The molecular weight excluding hydrogens is 302 g/mol. The summed E-state index contributed by atoms with van der Waals surface area (Å²) in [5, 5.41) is 1.05. The van der Waals surface area contributed by atoms with E-state index in [1.54, 1.807) is 20.5 Å². The number of fused-ring (bicyclic) bond motifs is 2. The van der Waals surface area contributed by atoms with E-state index in [0.29, 0.717) is 0 Å². The molecule has 4 aromatic rings. The Morgan fingerprint density at radius 3 is 2.38 bits per heavy atom. The summed E-state index contributed by atoms with van der Waals surface area (Å²) < 4.78 is 16.3. The topological polar surface area (TPSA) is 44.5 Å². The Bertz CT molecular complexity index is 1000. The molecule has 120 valence electrons. The van der Waals surface area contributed by atoms with Gasteiger partial charge >= 0.3 is 0 Å². The monoisotopic (exact) mass is 319 g/mol. The van der Waals surface area contributed by atoms with Gasteiger partial charge in [-0.3, -0.25) is 0 Å². The third-order valence-corrected chi connectivity index (χ3v) is 4.23. The minimum atomic E-state index is 0.750. The fraction of sp³-hybridized carbons (Fsp3) is 0.150. The number of benzene rings is 2. The van der Waals surface area contributed by atoms with Crippen LogP contribution in [0.2, 0.25) is 0 Å². The molecule has 2 heterocycles. The summed E-state index contributed by atoms with van der Waals surface area (Å²) >= 11 is 0. The molecule has 0 spiro atoms. The fourth-order valence-electron chi connectivity index (χ4n) is 2.97. The molecule has 0 saturated heterocycles. The molecule has 24 heavy (non-hydrogen) atoms. The van der Waals surface area contributed by atoms with Crippen molar-refractivity contribution in [1.82, 2.24) is 4.98 Å². The van der Waals surface area contributed by atoms with Crippen LogP contribution < -0.4 is 9.47 Å². The third-order valence-electron chi connectivity index (χ3n) is 4.23. The molecule has 0 aliphatic carbocycles. The molecule has 2 aromatic carbocycles. The van der Waals surface area contributed by atoms with Crippen LogP contribution >= 0.6 is 0 Å². The van der Waals surface area contributed by atoms with Gasteiger partial charge in [0.25, 0.3) is 0 Å². The van der Waals surface area contributed by atoms with Gasteiger partial charge in [0.2, 0.25) is 0 Å². The maximum absolute atomic E-state index is 5.72. The number of hydrogen-bond donors (Lipinski definition) is 0. The van der Waals surface area contributed by atoms with Crippen molar-refractivity contribution in [3.8, 4) is 11.5 Å². The second-order valence-electron chi connectivity index (χ2n) is 5.63. The Kier molecular flexibility index (Phi) is 3.58. The average molecular weight is 319 g/mol. The van der Waals surface area contributed by atoms with Crippen molar-refractivity contribution in [3.63, 3.8) is 0 Å². The van der Waals surface area contributed by atoms with Crippen LogP contribution in [0.3, 0.4) is 0 Å². The van der Waals surface area contributed by atoms with Crippen LogP contribution in [0.1, 0.15) is 11.1 Å². The van der Waals surface area contributed by atoms with Crippen molar-refractivity contribution in [2.45, 2.75) is 6.42 Å². The Hall–Kier alpha value is -3.01. The molecule has 4 heteroatoms. The lowest BCUT2D eigenvalue weighted by Crippen LogP contribution is -1.94. The molecule has 0 aliphatic heterocycles. The van der Waals surface area contributed by atoms with Crippen molar-refractivity contribution in [2.24, 2.45) is 0 Å². The van der Waals surface area contributed by atoms with Gasteiger partial charge in [0.15, 0.2) is 5.58 Å². The molecular formula is C20H17NO3. The highest BCUT2D eigenvalue weighted by Gasteiger charge is 2.13. The van der Waals surface area contributed by atoms with E-state index in [2.05, 4.69) is 17.1 Å². The van der Waals surface area contributed by atoms with Crippen molar-refractivity contribution in [2.75, 3.05) is 14.2 Å². The summed E-state index contributed by atoms with van der Waals surface area (Å²) in [5.74, 6) is 1.66. The number of rotatable bonds is 4. The Balaban J connectivity index is 1.90. The first kappa shape index (κ1) is 14.6.